The van der Waals surface area contributed by atoms with Gasteiger partial charge < -0.3 is 5.73 Å². The number of halogens is 1. The lowest BCUT2D eigenvalue weighted by Gasteiger charge is -1.93. The highest BCUT2D eigenvalue weighted by molar-refractivity contribution is 9.10. The zero-order chi connectivity index (χ0) is 6.69. The highest BCUT2D eigenvalue weighted by Gasteiger charge is 1.87. The van der Waals surface area contributed by atoms with E-state index in [1.807, 2.05) is 18.2 Å². The third kappa shape index (κ3) is 1.80. The third-order valence-electron chi connectivity index (χ3n) is 1.05. The molecule has 1 aromatic carbocycles. The first kappa shape index (κ1) is 6.78. The molecule has 0 atom stereocenters. The van der Waals surface area contributed by atoms with Crippen LogP contribution in [0.3, 0.4) is 0 Å². The molecular weight excluding hydrogens is 178 g/mol. The van der Waals surface area contributed by atoms with Crippen LogP contribution in [-0.4, -0.2) is 0 Å². The van der Waals surface area contributed by atoms with Crippen LogP contribution in [0.4, 0.5) is 0 Å². The lowest BCUT2D eigenvalue weighted by Crippen LogP contribution is -1.94. The molecule has 1 nitrogen and oxygen atoms in total. The van der Waals surface area contributed by atoms with Gasteiger partial charge in [-0.25, -0.2) is 0 Å². The van der Waals surface area contributed by atoms with Gasteiger partial charge in [-0.1, -0.05) is 15.9 Å². The second kappa shape index (κ2) is 2.99. The van der Waals surface area contributed by atoms with E-state index in [1.54, 1.807) is 0 Å². The van der Waals surface area contributed by atoms with E-state index >= 15 is 0 Å². The van der Waals surface area contributed by atoms with Crippen molar-refractivity contribution in [3.05, 3.63) is 34.3 Å². The minimum atomic E-state index is 0.579. The topological polar surface area (TPSA) is 26.0 Å². The van der Waals surface area contributed by atoms with Crippen molar-refractivity contribution in [3.8, 4) is 0 Å². The summed E-state index contributed by atoms with van der Waals surface area (Å²) in [6, 6.07) is 8.68. The number of benzene rings is 1. The summed E-state index contributed by atoms with van der Waals surface area (Å²) in [4.78, 5) is 0. The van der Waals surface area contributed by atoms with Gasteiger partial charge in [0.15, 0.2) is 0 Å². The van der Waals surface area contributed by atoms with Crippen molar-refractivity contribution in [1.82, 2.24) is 0 Å². The molecule has 0 saturated carbocycles. The minimum Gasteiger partial charge on any atom is -0.326 e. The molecule has 2 N–H and O–H groups in total. The number of hydrogen-bond donors (Lipinski definition) is 1. The van der Waals surface area contributed by atoms with Gasteiger partial charge >= 0.3 is 0 Å². The second-order valence-electron chi connectivity index (χ2n) is 1.76. The summed E-state index contributed by atoms with van der Waals surface area (Å²) >= 11 is 3.32. The normalized spacial score (nSPS) is 9.56. The first-order valence-electron chi connectivity index (χ1n) is 2.68. The molecule has 0 bridgehead atoms. The molecule has 9 heavy (non-hydrogen) atoms. The van der Waals surface area contributed by atoms with Gasteiger partial charge in [0.05, 0.1) is 0 Å². The summed E-state index contributed by atoms with van der Waals surface area (Å²) in [6.07, 6.45) is 0. The van der Waals surface area contributed by atoms with Crippen molar-refractivity contribution in [2.45, 2.75) is 6.54 Å². The van der Waals surface area contributed by atoms with Gasteiger partial charge in [-0.3, -0.25) is 0 Å². The molecule has 0 aliphatic heterocycles. The van der Waals surface area contributed by atoms with Gasteiger partial charge in [0.2, 0.25) is 0 Å². The summed E-state index contributed by atoms with van der Waals surface area (Å²) in [5, 5.41) is 0. The summed E-state index contributed by atoms with van der Waals surface area (Å²) in [5.74, 6) is 0. The molecule has 0 spiro atoms. The molecule has 1 radical (unpaired) electrons. The van der Waals surface area contributed by atoms with Gasteiger partial charge in [0.1, 0.15) is 0 Å². The lowest BCUT2D eigenvalue weighted by atomic mass is 10.2. The minimum absolute atomic E-state index is 0.579. The smallest absolute Gasteiger partial charge is 0.0184 e. The van der Waals surface area contributed by atoms with Crippen molar-refractivity contribution in [2.75, 3.05) is 0 Å². The molecule has 1 aromatic rings. The number of hydrogen-bond acceptors (Lipinski definition) is 1. The van der Waals surface area contributed by atoms with Crippen molar-refractivity contribution in [2.24, 2.45) is 5.73 Å². The number of rotatable bonds is 1. The standard InChI is InChI=1S/C7H7BrN/c8-7-3-1-2-6(4-7)5-9/h2-4H,5,9H2. The zero-order valence-corrected chi connectivity index (χ0v) is 6.48. The van der Waals surface area contributed by atoms with Crippen LogP contribution in [0.15, 0.2) is 22.7 Å². The van der Waals surface area contributed by atoms with E-state index in [9.17, 15) is 0 Å². The van der Waals surface area contributed by atoms with Gasteiger partial charge in [0, 0.05) is 11.0 Å². The Morgan fingerprint density at radius 3 is 2.78 bits per heavy atom. The first-order chi connectivity index (χ1) is 4.33. The Hall–Kier alpha value is -0.340. The molecule has 0 unspecified atom stereocenters. The SMILES string of the molecule is NCc1c[c]cc(Br)c1. The Kier molecular flexibility index (Phi) is 2.25. The fraction of sp³-hybridized carbons (Fsp3) is 0.143. The maximum Gasteiger partial charge on any atom is 0.0184 e. The molecule has 0 amide bonds. The van der Waals surface area contributed by atoms with Gasteiger partial charge in [-0.05, 0) is 29.8 Å². The van der Waals surface area contributed by atoms with E-state index < -0.39 is 0 Å². The largest absolute Gasteiger partial charge is 0.326 e. The molecule has 0 saturated heterocycles. The van der Waals surface area contributed by atoms with Crippen molar-refractivity contribution >= 4 is 15.9 Å². The van der Waals surface area contributed by atoms with Crippen LogP contribution in [0.1, 0.15) is 5.56 Å². The Balaban J connectivity index is 2.94. The Labute approximate surface area is 63.0 Å². The first-order valence-corrected chi connectivity index (χ1v) is 3.48. The second-order valence-corrected chi connectivity index (χ2v) is 2.68. The van der Waals surface area contributed by atoms with Crippen LogP contribution in [0.5, 0.6) is 0 Å². The highest BCUT2D eigenvalue weighted by atomic mass is 79.9. The van der Waals surface area contributed by atoms with Crippen molar-refractivity contribution in [1.29, 1.82) is 0 Å². The molecule has 0 aromatic heterocycles. The Morgan fingerprint density at radius 2 is 2.33 bits per heavy atom. The summed E-state index contributed by atoms with van der Waals surface area (Å²) in [6.45, 7) is 0.579. The van der Waals surface area contributed by atoms with Crippen LogP contribution in [-0.2, 0) is 6.54 Å². The number of nitrogens with two attached hydrogens (primary N) is 1. The van der Waals surface area contributed by atoms with Gasteiger partial charge in [0.25, 0.3) is 0 Å². The van der Waals surface area contributed by atoms with E-state index in [1.165, 1.54) is 0 Å². The molecule has 47 valence electrons. The molecule has 1 rings (SSSR count). The van der Waals surface area contributed by atoms with Crippen LogP contribution in [0.25, 0.3) is 0 Å². The Bertz CT molecular complexity index is 198. The van der Waals surface area contributed by atoms with E-state index in [4.69, 9.17) is 5.73 Å². The molecule has 0 heterocycles. The highest BCUT2D eigenvalue weighted by Crippen LogP contribution is 2.09. The monoisotopic (exact) mass is 184 g/mol. The maximum absolute atomic E-state index is 5.38. The van der Waals surface area contributed by atoms with Crippen LogP contribution < -0.4 is 5.73 Å². The van der Waals surface area contributed by atoms with Gasteiger partial charge in [-0.2, -0.15) is 0 Å². The van der Waals surface area contributed by atoms with Crippen LogP contribution in [0, 0.1) is 6.07 Å². The van der Waals surface area contributed by atoms with Crippen LogP contribution >= 0.6 is 15.9 Å². The molecule has 2 heteroatoms. The predicted octanol–water partition coefficient (Wildman–Crippen LogP) is 1.71. The van der Waals surface area contributed by atoms with E-state index in [-0.39, 0.29) is 0 Å². The summed E-state index contributed by atoms with van der Waals surface area (Å²) < 4.78 is 1.03. The van der Waals surface area contributed by atoms with Crippen LogP contribution in [0.2, 0.25) is 0 Å². The summed E-state index contributed by atoms with van der Waals surface area (Å²) in [5.41, 5.74) is 6.48. The van der Waals surface area contributed by atoms with Gasteiger partial charge in [-0.15, -0.1) is 0 Å². The molecule has 0 fully saturated rings. The maximum atomic E-state index is 5.38. The fourth-order valence-electron chi connectivity index (χ4n) is 0.607. The Morgan fingerprint density at radius 1 is 1.56 bits per heavy atom. The quantitative estimate of drug-likeness (QED) is 0.707. The fourth-order valence-corrected chi connectivity index (χ4v) is 1.03. The predicted molar refractivity (Wildman–Crippen MR) is 40.9 cm³/mol. The zero-order valence-electron chi connectivity index (χ0n) is 4.89. The van der Waals surface area contributed by atoms with Crippen molar-refractivity contribution in [3.63, 3.8) is 0 Å². The molecule has 0 aliphatic carbocycles. The lowest BCUT2D eigenvalue weighted by molar-refractivity contribution is 1.07. The molecular formula is C7H7BrN. The summed E-state index contributed by atoms with van der Waals surface area (Å²) in [7, 11) is 0. The third-order valence-corrected chi connectivity index (χ3v) is 1.51. The average Bonchev–Trinajstić information content (AvgIpc) is 1.88. The van der Waals surface area contributed by atoms with Crippen molar-refractivity contribution < 1.29 is 0 Å². The van der Waals surface area contributed by atoms with E-state index in [0.29, 0.717) is 6.54 Å². The molecule has 0 aliphatic rings. The van der Waals surface area contributed by atoms with E-state index in [0.717, 1.165) is 10.0 Å². The van der Waals surface area contributed by atoms with E-state index in [2.05, 4.69) is 22.0 Å². The average molecular weight is 185 g/mol.